The minimum Gasteiger partial charge on any atom is -0.352 e. The van der Waals surface area contributed by atoms with E-state index in [1.54, 1.807) is 0 Å². The van der Waals surface area contributed by atoms with Crippen LogP contribution in [0.15, 0.2) is 0 Å². The van der Waals surface area contributed by atoms with E-state index in [4.69, 9.17) is 5.73 Å². The average Bonchev–Trinajstić information content (AvgIpc) is 2.67. The topological polar surface area (TPSA) is 55.1 Å². The number of amides is 1. The maximum atomic E-state index is 12.6. The predicted molar refractivity (Wildman–Crippen MR) is 83.3 cm³/mol. The summed E-state index contributed by atoms with van der Waals surface area (Å²) >= 11 is 0. The second-order valence-corrected chi connectivity index (χ2v) is 7.37. The van der Waals surface area contributed by atoms with Crippen LogP contribution in [0.4, 0.5) is 0 Å². The maximum Gasteiger partial charge on any atom is 0.240 e. The SMILES string of the molecule is CC1CCCC(N)(C(=O)N[C@H](C)C2CCCCCC2)C1. The Kier molecular flexibility index (Phi) is 5.48. The third-order valence-electron chi connectivity index (χ3n) is 5.45. The molecular weight excluding hydrogens is 248 g/mol. The van der Waals surface area contributed by atoms with Crippen LogP contribution in [-0.2, 0) is 4.79 Å². The molecule has 0 aliphatic heterocycles. The molecule has 2 unspecified atom stereocenters. The zero-order valence-corrected chi connectivity index (χ0v) is 13.3. The van der Waals surface area contributed by atoms with Gasteiger partial charge in [0, 0.05) is 6.04 Å². The van der Waals surface area contributed by atoms with Crippen molar-refractivity contribution >= 4 is 5.91 Å². The summed E-state index contributed by atoms with van der Waals surface area (Å²) in [6.07, 6.45) is 11.9. The number of carbonyl (C=O) groups excluding carboxylic acids is 1. The molecule has 0 heterocycles. The maximum absolute atomic E-state index is 12.6. The molecular formula is C17H32N2O. The molecule has 1 amide bonds. The first-order valence-electron chi connectivity index (χ1n) is 8.61. The highest BCUT2D eigenvalue weighted by Gasteiger charge is 2.38. The summed E-state index contributed by atoms with van der Waals surface area (Å²) in [5.41, 5.74) is 5.78. The summed E-state index contributed by atoms with van der Waals surface area (Å²) in [6.45, 7) is 4.38. The van der Waals surface area contributed by atoms with Crippen molar-refractivity contribution in [1.29, 1.82) is 0 Å². The number of carbonyl (C=O) groups is 1. The third-order valence-corrected chi connectivity index (χ3v) is 5.45. The molecule has 2 rings (SSSR count). The molecule has 3 atom stereocenters. The summed E-state index contributed by atoms with van der Waals surface area (Å²) in [7, 11) is 0. The molecule has 2 aliphatic rings. The molecule has 0 aromatic heterocycles. The van der Waals surface area contributed by atoms with Gasteiger partial charge in [0.25, 0.3) is 0 Å². The van der Waals surface area contributed by atoms with Gasteiger partial charge < -0.3 is 11.1 Å². The zero-order valence-electron chi connectivity index (χ0n) is 13.3. The van der Waals surface area contributed by atoms with Gasteiger partial charge in [0.05, 0.1) is 5.54 Å². The highest BCUT2D eigenvalue weighted by molar-refractivity contribution is 5.86. The van der Waals surface area contributed by atoms with Gasteiger partial charge in [0.15, 0.2) is 0 Å². The van der Waals surface area contributed by atoms with Gasteiger partial charge in [-0.25, -0.2) is 0 Å². The average molecular weight is 280 g/mol. The Hall–Kier alpha value is -0.570. The monoisotopic (exact) mass is 280 g/mol. The first kappa shape index (κ1) is 15.8. The van der Waals surface area contributed by atoms with E-state index < -0.39 is 5.54 Å². The predicted octanol–water partition coefficient (Wildman–Crippen LogP) is 3.37. The molecule has 0 aromatic carbocycles. The van der Waals surface area contributed by atoms with Gasteiger partial charge >= 0.3 is 0 Å². The number of nitrogens with one attached hydrogen (secondary N) is 1. The van der Waals surface area contributed by atoms with Crippen LogP contribution < -0.4 is 11.1 Å². The van der Waals surface area contributed by atoms with E-state index in [0.717, 1.165) is 19.3 Å². The second kappa shape index (κ2) is 6.93. The van der Waals surface area contributed by atoms with Crippen molar-refractivity contribution in [1.82, 2.24) is 5.32 Å². The van der Waals surface area contributed by atoms with Crippen molar-refractivity contribution < 1.29 is 4.79 Å². The van der Waals surface area contributed by atoms with Crippen LogP contribution in [0.25, 0.3) is 0 Å². The van der Waals surface area contributed by atoms with Crippen molar-refractivity contribution in [2.24, 2.45) is 17.6 Å². The highest BCUT2D eigenvalue weighted by Crippen LogP contribution is 2.31. The quantitative estimate of drug-likeness (QED) is 0.779. The largest absolute Gasteiger partial charge is 0.352 e. The minimum absolute atomic E-state index is 0.0980. The number of hydrogen-bond donors (Lipinski definition) is 2. The van der Waals surface area contributed by atoms with Crippen molar-refractivity contribution in [2.45, 2.75) is 89.6 Å². The molecule has 0 bridgehead atoms. The van der Waals surface area contributed by atoms with E-state index in [0.29, 0.717) is 11.8 Å². The van der Waals surface area contributed by atoms with E-state index in [2.05, 4.69) is 19.2 Å². The Bertz CT molecular complexity index is 323. The fraction of sp³-hybridized carbons (Fsp3) is 0.941. The number of nitrogens with two attached hydrogens (primary N) is 1. The molecule has 20 heavy (non-hydrogen) atoms. The lowest BCUT2D eigenvalue weighted by Gasteiger charge is -2.37. The third kappa shape index (κ3) is 3.97. The van der Waals surface area contributed by atoms with Crippen molar-refractivity contribution in [3.05, 3.63) is 0 Å². The van der Waals surface area contributed by atoms with Gasteiger partial charge in [-0.1, -0.05) is 45.4 Å². The molecule has 0 spiro atoms. The number of rotatable bonds is 3. The molecule has 0 aromatic rings. The fourth-order valence-corrected chi connectivity index (χ4v) is 4.08. The molecule has 2 saturated carbocycles. The van der Waals surface area contributed by atoms with Crippen LogP contribution in [0, 0.1) is 11.8 Å². The minimum atomic E-state index is -0.614. The lowest BCUT2D eigenvalue weighted by Crippen LogP contribution is -2.58. The fourth-order valence-electron chi connectivity index (χ4n) is 4.08. The Balaban J connectivity index is 1.89. The first-order chi connectivity index (χ1) is 9.51. The van der Waals surface area contributed by atoms with E-state index in [1.807, 2.05) is 0 Å². The Morgan fingerprint density at radius 3 is 2.40 bits per heavy atom. The highest BCUT2D eigenvalue weighted by atomic mass is 16.2. The molecule has 0 saturated heterocycles. The Morgan fingerprint density at radius 2 is 1.80 bits per heavy atom. The van der Waals surface area contributed by atoms with E-state index >= 15 is 0 Å². The number of hydrogen-bond acceptors (Lipinski definition) is 2. The summed E-state index contributed by atoms with van der Waals surface area (Å²) < 4.78 is 0. The standard InChI is InChI=1S/C17H32N2O/c1-13-8-7-11-17(18,12-13)16(20)19-14(2)15-9-5-3-4-6-10-15/h13-15H,3-12,18H2,1-2H3,(H,19,20)/t13?,14-,17?/m1/s1. The van der Waals surface area contributed by atoms with Crippen molar-refractivity contribution in [2.75, 3.05) is 0 Å². The summed E-state index contributed by atoms with van der Waals surface area (Å²) in [5, 5.41) is 3.24. The normalized spacial score (nSPS) is 34.2. The van der Waals surface area contributed by atoms with E-state index in [1.165, 1.54) is 44.9 Å². The van der Waals surface area contributed by atoms with Gasteiger partial charge in [0.2, 0.25) is 5.91 Å². The van der Waals surface area contributed by atoms with Crippen molar-refractivity contribution in [3.8, 4) is 0 Å². The molecule has 2 fully saturated rings. The lowest BCUT2D eigenvalue weighted by molar-refractivity contribution is -0.129. The van der Waals surface area contributed by atoms with Crippen LogP contribution >= 0.6 is 0 Å². The van der Waals surface area contributed by atoms with Crippen LogP contribution in [0.2, 0.25) is 0 Å². The molecule has 3 nitrogen and oxygen atoms in total. The van der Waals surface area contributed by atoms with E-state index in [-0.39, 0.29) is 11.9 Å². The smallest absolute Gasteiger partial charge is 0.240 e. The zero-order chi connectivity index (χ0) is 14.6. The van der Waals surface area contributed by atoms with Gasteiger partial charge in [-0.2, -0.15) is 0 Å². The van der Waals surface area contributed by atoms with Gasteiger partial charge in [0.1, 0.15) is 0 Å². The first-order valence-corrected chi connectivity index (χ1v) is 8.61. The summed E-state index contributed by atoms with van der Waals surface area (Å²) in [5.74, 6) is 1.32. The molecule has 116 valence electrons. The lowest BCUT2D eigenvalue weighted by atomic mass is 9.76. The van der Waals surface area contributed by atoms with E-state index in [9.17, 15) is 4.79 Å². The molecule has 3 heteroatoms. The van der Waals surface area contributed by atoms with Gasteiger partial charge in [-0.05, 0) is 44.4 Å². The second-order valence-electron chi connectivity index (χ2n) is 7.37. The Morgan fingerprint density at radius 1 is 1.15 bits per heavy atom. The van der Waals surface area contributed by atoms with Crippen LogP contribution in [-0.4, -0.2) is 17.5 Å². The van der Waals surface area contributed by atoms with Crippen LogP contribution in [0.1, 0.15) is 78.1 Å². The molecule has 0 radical (unpaired) electrons. The van der Waals surface area contributed by atoms with Crippen LogP contribution in [0.3, 0.4) is 0 Å². The van der Waals surface area contributed by atoms with Crippen molar-refractivity contribution in [3.63, 3.8) is 0 Å². The Labute approximate surface area is 124 Å². The van der Waals surface area contributed by atoms with Crippen LogP contribution in [0.5, 0.6) is 0 Å². The molecule has 3 N–H and O–H groups in total. The summed E-state index contributed by atoms with van der Waals surface area (Å²) in [6, 6.07) is 0.276. The van der Waals surface area contributed by atoms with Gasteiger partial charge in [-0.15, -0.1) is 0 Å². The summed E-state index contributed by atoms with van der Waals surface area (Å²) in [4.78, 5) is 12.6. The van der Waals surface area contributed by atoms with Gasteiger partial charge in [-0.3, -0.25) is 4.79 Å². The molecule has 2 aliphatic carbocycles.